The van der Waals surface area contributed by atoms with Crippen molar-refractivity contribution < 1.29 is 13.2 Å². The lowest BCUT2D eigenvalue weighted by atomic mass is 10.2. The molecule has 1 aliphatic carbocycles. The minimum atomic E-state index is -3.30. The first-order valence-electron chi connectivity index (χ1n) is 8.39. The molecule has 0 saturated heterocycles. The average molecular weight is 371 g/mol. The number of hydrogen-bond donors (Lipinski definition) is 1. The first-order valence-corrected chi connectivity index (χ1v) is 11.3. The molecule has 1 saturated carbocycles. The number of amides is 1. The normalized spacial score (nSPS) is 15.4. The SMILES string of the molecule is CCN(c1ccc(C(=O)NCCSC2CCCC2)cc1)S(C)(=O)=O. The highest BCUT2D eigenvalue weighted by atomic mass is 32.2. The molecule has 1 N–H and O–H groups in total. The molecule has 5 nitrogen and oxygen atoms in total. The van der Waals surface area contributed by atoms with Crippen molar-refractivity contribution in [1.29, 1.82) is 0 Å². The summed E-state index contributed by atoms with van der Waals surface area (Å²) < 4.78 is 24.7. The van der Waals surface area contributed by atoms with E-state index in [9.17, 15) is 13.2 Å². The van der Waals surface area contributed by atoms with Crippen LogP contribution in [0.1, 0.15) is 43.0 Å². The predicted octanol–water partition coefficient (Wildman–Crippen LogP) is 2.88. The van der Waals surface area contributed by atoms with E-state index in [1.807, 2.05) is 11.8 Å². The Morgan fingerprint density at radius 2 is 1.88 bits per heavy atom. The molecule has 0 atom stereocenters. The number of thioether (sulfide) groups is 1. The van der Waals surface area contributed by atoms with Gasteiger partial charge in [-0.3, -0.25) is 9.10 Å². The second-order valence-electron chi connectivity index (χ2n) is 6.01. The molecule has 0 bridgehead atoms. The third kappa shape index (κ3) is 5.41. The van der Waals surface area contributed by atoms with Crippen LogP contribution in [0.3, 0.4) is 0 Å². The Kier molecular flexibility index (Phi) is 6.98. The van der Waals surface area contributed by atoms with Gasteiger partial charge < -0.3 is 5.32 Å². The monoisotopic (exact) mass is 370 g/mol. The Morgan fingerprint density at radius 1 is 1.25 bits per heavy atom. The summed E-state index contributed by atoms with van der Waals surface area (Å²) in [5.74, 6) is 0.822. The summed E-state index contributed by atoms with van der Waals surface area (Å²) in [6.45, 7) is 2.80. The van der Waals surface area contributed by atoms with Crippen molar-refractivity contribution in [3.05, 3.63) is 29.8 Å². The van der Waals surface area contributed by atoms with Crippen molar-refractivity contribution in [2.24, 2.45) is 0 Å². The van der Waals surface area contributed by atoms with Gasteiger partial charge in [0.05, 0.1) is 11.9 Å². The number of hydrogen-bond acceptors (Lipinski definition) is 4. The third-order valence-corrected chi connectivity index (χ3v) is 6.80. The van der Waals surface area contributed by atoms with Gasteiger partial charge in [-0.2, -0.15) is 11.8 Å². The van der Waals surface area contributed by atoms with E-state index in [0.29, 0.717) is 24.3 Å². The van der Waals surface area contributed by atoms with E-state index in [4.69, 9.17) is 0 Å². The molecule has 2 rings (SSSR count). The fraction of sp³-hybridized carbons (Fsp3) is 0.588. The molecular formula is C17H26N2O3S2. The zero-order valence-corrected chi connectivity index (χ0v) is 16.0. The molecule has 0 unspecified atom stereocenters. The molecule has 134 valence electrons. The maximum absolute atomic E-state index is 12.1. The summed E-state index contributed by atoms with van der Waals surface area (Å²) in [6.07, 6.45) is 6.44. The van der Waals surface area contributed by atoms with Crippen LogP contribution in [0.4, 0.5) is 5.69 Å². The Morgan fingerprint density at radius 3 is 2.42 bits per heavy atom. The number of nitrogens with zero attached hydrogens (tertiary/aromatic N) is 1. The second kappa shape index (κ2) is 8.76. The van der Waals surface area contributed by atoms with Gasteiger partial charge in [0.2, 0.25) is 10.0 Å². The first kappa shape index (κ1) is 19.1. The maximum atomic E-state index is 12.1. The summed E-state index contributed by atoms with van der Waals surface area (Å²) in [4.78, 5) is 12.1. The maximum Gasteiger partial charge on any atom is 0.251 e. The lowest BCUT2D eigenvalue weighted by molar-refractivity contribution is 0.0956. The van der Waals surface area contributed by atoms with Gasteiger partial charge in [-0.1, -0.05) is 12.8 Å². The average Bonchev–Trinajstić information content (AvgIpc) is 3.04. The summed E-state index contributed by atoms with van der Waals surface area (Å²) in [7, 11) is -3.30. The smallest absolute Gasteiger partial charge is 0.251 e. The van der Waals surface area contributed by atoms with Crippen molar-refractivity contribution in [2.75, 3.05) is 29.4 Å². The molecular weight excluding hydrogens is 344 g/mol. The highest BCUT2D eigenvalue weighted by Gasteiger charge is 2.16. The van der Waals surface area contributed by atoms with E-state index >= 15 is 0 Å². The molecule has 24 heavy (non-hydrogen) atoms. The molecule has 1 aromatic rings. The minimum Gasteiger partial charge on any atom is -0.351 e. The van der Waals surface area contributed by atoms with Crippen molar-refractivity contribution in [3.63, 3.8) is 0 Å². The van der Waals surface area contributed by atoms with Gasteiger partial charge in [0.1, 0.15) is 0 Å². The molecule has 1 amide bonds. The van der Waals surface area contributed by atoms with Crippen LogP contribution in [0, 0.1) is 0 Å². The Hall–Kier alpha value is -1.21. The van der Waals surface area contributed by atoms with Crippen LogP contribution in [-0.4, -0.2) is 44.7 Å². The molecule has 0 aliphatic heterocycles. The van der Waals surface area contributed by atoms with Crippen LogP contribution in [0.5, 0.6) is 0 Å². The van der Waals surface area contributed by atoms with Gasteiger partial charge in [0, 0.05) is 29.7 Å². The summed E-state index contributed by atoms with van der Waals surface area (Å²) in [5.41, 5.74) is 1.13. The van der Waals surface area contributed by atoms with E-state index in [1.54, 1.807) is 31.2 Å². The van der Waals surface area contributed by atoms with E-state index in [2.05, 4.69) is 5.32 Å². The number of nitrogens with one attached hydrogen (secondary N) is 1. The lowest BCUT2D eigenvalue weighted by Gasteiger charge is -2.20. The van der Waals surface area contributed by atoms with Gasteiger partial charge in [-0.25, -0.2) is 8.42 Å². The largest absolute Gasteiger partial charge is 0.351 e. The highest BCUT2D eigenvalue weighted by molar-refractivity contribution is 7.99. The van der Waals surface area contributed by atoms with Crippen LogP contribution in [0.25, 0.3) is 0 Å². The van der Waals surface area contributed by atoms with Crippen LogP contribution >= 0.6 is 11.8 Å². The first-order chi connectivity index (χ1) is 11.4. The van der Waals surface area contributed by atoms with E-state index in [1.165, 1.54) is 36.2 Å². The number of carbonyl (C=O) groups excluding carboxylic acids is 1. The fourth-order valence-electron chi connectivity index (χ4n) is 2.93. The Bertz CT molecular complexity index is 638. The zero-order valence-electron chi connectivity index (χ0n) is 14.3. The fourth-order valence-corrected chi connectivity index (χ4v) is 5.13. The van der Waals surface area contributed by atoms with E-state index in [-0.39, 0.29) is 5.91 Å². The molecule has 7 heteroatoms. The van der Waals surface area contributed by atoms with Gasteiger partial charge in [-0.15, -0.1) is 0 Å². The van der Waals surface area contributed by atoms with Crippen molar-refractivity contribution in [3.8, 4) is 0 Å². The lowest BCUT2D eigenvalue weighted by Crippen LogP contribution is -2.29. The van der Waals surface area contributed by atoms with Crippen LogP contribution < -0.4 is 9.62 Å². The Balaban J connectivity index is 1.84. The van der Waals surface area contributed by atoms with E-state index in [0.717, 1.165) is 11.0 Å². The number of carbonyl (C=O) groups is 1. The predicted molar refractivity (Wildman–Crippen MR) is 101 cm³/mol. The van der Waals surface area contributed by atoms with Crippen molar-refractivity contribution in [1.82, 2.24) is 5.32 Å². The number of benzene rings is 1. The molecule has 1 aliphatic rings. The highest BCUT2D eigenvalue weighted by Crippen LogP contribution is 2.28. The van der Waals surface area contributed by atoms with Crippen LogP contribution in [-0.2, 0) is 10.0 Å². The number of rotatable bonds is 8. The molecule has 1 aromatic carbocycles. The molecule has 0 spiro atoms. The van der Waals surface area contributed by atoms with Crippen molar-refractivity contribution >= 4 is 33.4 Å². The van der Waals surface area contributed by atoms with Gasteiger partial charge in [-0.05, 0) is 44.0 Å². The number of sulfonamides is 1. The molecule has 1 fully saturated rings. The van der Waals surface area contributed by atoms with Crippen molar-refractivity contribution in [2.45, 2.75) is 37.9 Å². The van der Waals surface area contributed by atoms with E-state index < -0.39 is 10.0 Å². The van der Waals surface area contributed by atoms with Crippen LogP contribution in [0.15, 0.2) is 24.3 Å². The quantitative estimate of drug-likeness (QED) is 0.715. The second-order valence-corrected chi connectivity index (χ2v) is 9.32. The standard InChI is InChI=1S/C17H26N2O3S2/c1-3-19(24(2,21)22)15-10-8-14(9-11-15)17(20)18-12-13-23-16-6-4-5-7-16/h8-11,16H,3-7,12-13H2,1-2H3,(H,18,20). The summed E-state index contributed by atoms with van der Waals surface area (Å²) >= 11 is 1.95. The summed E-state index contributed by atoms with van der Waals surface area (Å²) in [5, 5.41) is 3.69. The molecule has 0 heterocycles. The Labute approximate surface area is 149 Å². The molecule has 0 radical (unpaired) electrons. The third-order valence-electron chi connectivity index (χ3n) is 4.15. The number of anilines is 1. The van der Waals surface area contributed by atoms with Crippen LogP contribution in [0.2, 0.25) is 0 Å². The zero-order chi connectivity index (χ0) is 17.6. The summed E-state index contributed by atoms with van der Waals surface area (Å²) in [6, 6.07) is 6.69. The topological polar surface area (TPSA) is 66.5 Å². The van der Waals surface area contributed by atoms with Gasteiger partial charge in [0.15, 0.2) is 0 Å². The van der Waals surface area contributed by atoms with Gasteiger partial charge in [0.25, 0.3) is 5.91 Å². The van der Waals surface area contributed by atoms with Gasteiger partial charge >= 0.3 is 0 Å². The minimum absolute atomic E-state index is 0.115. The molecule has 0 aromatic heterocycles.